The van der Waals surface area contributed by atoms with Gasteiger partial charge in [-0.25, -0.2) is 13.1 Å². The molecule has 1 aromatic heterocycles. The molecule has 0 bridgehead atoms. The van der Waals surface area contributed by atoms with Gasteiger partial charge in [-0.2, -0.15) is 0 Å². The Morgan fingerprint density at radius 3 is 2.62 bits per heavy atom. The van der Waals surface area contributed by atoms with Gasteiger partial charge < -0.3 is 5.32 Å². The Labute approximate surface area is 132 Å². The average molecular weight is 331 g/mol. The van der Waals surface area contributed by atoms with E-state index < -0.39 is 10.0 Å². The molecule has 0 aromatic carbocycles. The van der Waals surface area contributed by atoms with Crippen LogP contribution < -0.4 is 10.0 Å². The summed E-state index contributed by atoms with van der Waals surface area (Å²) in [6, 6.07) is 1.87. The summed E-state index contributed by atoms with van der Waals surface area (Å²) in [5.41, 5.74) is 1.05. The predicted octanol–water partition coefficient (Wildman–Crippen LogP) is 2.88. The van der Waals surface area contributed by atoms with Crippen molar-refractivity contribution >= 4 is 21.4 Å². The van der Waals surface area contributed by atoms with Crippen LogP contribution in [0.3, 0.4) is 0 Å². The SMILES string of the molecule is CCNCc1sc(S(=O)(=O)NC2CCC(C)C2C)cc1C. The van der Waals surface area contributed by atoms with Crippen molar-refractivity contribution in [3.63, 3.8) is 0 Å². The van der Waals surface area contributed by atoms with Gasteiger partial charge in [0, 0.05) is 17.5 Å². The largest absolute Gasteiger partial charge is 0.312 e. The first-order valence-electron chi connectivity index (χ1n) is 7.67. The molecule has 0 spiro atoms. The summed E-state index contributed by atoms with van der Waals surface area (Å²) in [6.07, 6.45) is 2.04. The predicted molar refractivity (Wildman–Crippen MR) is 88.1 cm³/mol. The van der Waals surface area contributed by atoms with Gasteiger partial charge in [-0.05, 0) is 49.8 Å². The fraction of sp³-hybridized carbons (Fsp3) is 0.733. The summed E-state index contributed by atoms with van der Waals surface area (Å²) in [5.74, 6) is 0.995. The number of hydrogen-bond acceptors (Lipinski definition) is 4. The second-order valence-corrected chi connectivity index (χ2v) is 9.17. The van der Waals surface area contributed by atoms with E-state index in [-0.39, 0.29) is 6.04 Å². The molecule has 6 heteroatoms. The van der Waals surface area contributed by atoms with E-state index in [4.69, 9.17) is 0 Å². The van der Waals surface area contributed by atoms with E-state index in [2.05, 4.69) is 23.9 Å². The van der Waals surface area contributed by atoms with E-state index >= 15 is 0 Å². The lowest BCUT2D eigenvalue weighted by Crippen LogP contribution is -2.36. The van der Waals surface area contributed by atoms with E-state index in [1.54, 1.807) is 6.07 Å². The molecular formula is C15H26N2O2S2. The summed E-state index contributed by atoms with van der Waals surface area (Å²) in [4.78, 5) is 1.10. The zero-order valence-electron chi connectivity index (χ0n) is 13.3. The summed E-state index contributed by atoms with van der Waals surface area (Å²) >= 11 is 1.38. The average Bonchev–Trinajstić information content (AvgIpc) is 2.94. The molecule has 1 aromatic rings. The van der Waals surface area contributed by atoms with Crippen LogP contribution in [0.1, 0.15) is 44.1 Å². The molecule has 0 aliphatic heterocycles. The van der Waals surface area contributed by atoms with Gasteiger partial charge in [0.25, 0.3) is 0 Å². The maximum atomic E-state index is 12.6. The molecule has 1 saturated carbocycles. The molecule has 3 atom stereocenters. The highest BCUT2D eigenvalue weighted by molar-refractivity contribution is 7.91. The summed E-state index contributed by atoms with van der Waals surface area (Å²) in [7, 11) is -3.39. The van der Waals surface area contributed by atoms with Gasteiger partial charge in [-0.15, -0.1) is 11.3 Å². The fourth-order valence-corrected chi connectivity index (χ4v) is 5.76. The standard InChI is InChI=1S/C15H26N2O2S2/c1-5-16-9-14-11(3)8-15(20-14)21(18,19)17-13-7-6-10(2)12(13)4/h8,10,12-13,16-17H,5-7,9H2,1-4H3. The topological polar surface area (TPSA) is 58.2 Å². The van der Waals surface area contributed by atoms with Crippen molar-refractivity contribution in [3.05, 3.63) is 16.5 Å². The van der Waals surface area contributed by atoms with Gasteiger partial charge in [0.2, 0.25) is 10.0 Å². The summed E-state index contributed by atoms with van der Waals surface area (Å²) in [6.45, 7) is 9.98. The quantitative estimate of drug-likeness (QED) is 0.843. The van der Waals surface area contributed by atoms with Crippen molar-refractivity contribution in [3.8, 4) is 0 Å². The van der Waals surface area contributed by atoms with Crippen LogP contribution in [0.2, 0.25) is 0 Å². The first-order chi connectivity index (χ1) is 9.85. The Morgan fingerprint density at radius 1 is 1.33 bits per heavy atom. The minimum Gasteiger partial charge on any atom is -0.312 e. The molecule has 0 radical (unpaired) electrons. The summed E-state index contributed by atoms with van der Waals surface area (Å²) in [5, 5.41) is 3.25. The normalized spacial score (nSPS) is 26.4. The highest BCUT2D eigenvalue weighted by Crippen LogP contribution is 2.33. The number of thiophene rings is 1. The lowest BCUT2D eigenvalue weighted by Gasteiger charge is -2.19. The van der Waals surface area contributed by atoms with Crippen LogP contribution in [0, 0.1) is 18.8 Å². The second kappa shape index (κ2) is 6.77. The van der Waals surface area contributed by atoms with Crippen LogP contribution in [0.15, 0.2) is 10.3 Å². The molecule has 0 amide bonds. The first kappa shape index (κ1) is 16.9. The van der Waals surface area contributed by atoms with Crippen LogP contribution in [0.25, 0.3) is 0 Å². The van der Waals surface area contributed by atoms with E-state index in [1.165, 1.54) is 11.3 Å². The van der Waals surface area contributed by atoms with E-state index in [1.807, 2.05) is 13.8 Å². The van der Waals surface area contributed by atoms with Crippen molar-refractivity contribution in [2.24, 2.45) is 11.8 Å². The molecule has 1 heterocycles. The molecule has 1 aliphatic carbocycles. The van der Waals surface area contributed by atoms with Crippen LogP contribution in [-0.2, 0) is 16.6 Å². The van der Waals surface area contributed by atoms with Gasteiger partial charge >= 0.3 is 0 Å². The lowest BCUT2D eigenvalue weighted by atomic mass is 9.98. The Hall–Kier alpha value is -0.430. The van der Waals surface area contributed by atoms with Gasteiger partial charge in [0.1, 0.15) is 4.21 Å². The zero-order valence-corrected chi connectivity index (χ0v) is 14.9. The monoisotopic (exact) mass is 330 g/mol. The Bertz CT molecular complexity index is 580. The van der Waals surface area contributed by atoms with Crippen LogP contribution in [0.5, 0.6) is 0 Å². The molecule has 1 fully saturated rings. The molecule has 21 heavy (non-hydrogen) atoms. The number of hydrogen-bond donors (Lipinski definition) is 2. The molecule has 120 valence electrons. The van der Waals surface area contributed by atoms with E-state index in [0.717, 1.165) is 36.4 Å². The van der Waals surface area contributed by atoms with Crippen molar-refractivity contribution in [1.82, 2.24) is 10.0 Å². The molecule has 2 N–H and O–H groups in total. The van der Waals surface area contributed by atoms with E-state index in [9.17, 15) is 8.42 Å². The Balaban J connectivity index is 2.12. The van der Waals surface area contributed by atoms with Gasteiger partial charge in [-0.1, -0.05) is 20.8 Å². The van der Waals surface area contributed by atoms with Crippen molar-refractivity contribution in [2.75, 3.05) is 6.54 Å². The molecule has 1 aliphatic rings. The Morgan fingerprint density at radius 2 is 2.05 bits per heavy atom. The number of sulfonamides is 1. The smallest absolute Gasteiger partial charge is 0.250 e. The van der Waals surface area contributed by atoms with E-state index in [0.29, 0.717) is 16.0 Å². The van der Waals surface area contributed by atoms with Crippen molar-refractivity contribution in [1.29, 1.82) is 0 Å². The number of aryl methyl sites for hydroxylation is 1. The molecular weight excluding hydrogens is 304 g/mol. The van der Waals surface area contributed by atoms with Crippen molar-refractivity contribution in [2.45, 2.75) is 57.3 Å². The van der Waals surface area contributed by atoms with Crippen molar-refractivity contribution < 1.29 is 8.42 Å². The zero-order chi connectivity index (χ0) is 15.6. The maximum absolute atomic E-state index is 12.6. The third-order valence-electron chi connectivity index (χ3n) is 4.57. The third-order valence-corrected chi connectivity index (χ3v) is 7.77. The minimum atomic E-state index is -3.39. The summed E-state index contributed by atoms with van der Waals surface area (Å²) < 4.78 is 28.5. The van der Waals surface area contributed by atoms with Crippen LogP contribution in [0.4, 0.5) is 0 Å². The van der Waals surface area contributed by atoms with Gasteiger partial charge in [-0.3, -0.25) is 0 Å². The molecule has 4 nitrogen and oxygen atoms in total. The molecule has 0 saturated heterocycles. The lowest BCUT2D eigenvalue weighted by molar-refractivity contribution is 0.402. The van der Waals surface area contributed by atoms with Gasteiger partial charge in [0.15, 0.2) is 0 Å². The number of rotatable bonds is 6. The van der Waals surface area contributed by atoms with Crippen LogP contribution in [-0.4, -0.2) is 21.0 Å². The molecule has 3 unspecified atom stereocenters. The fourth-order valence-electron chi connectivity index (χ4n) is 2.82. The highest BCUT2D eigenvalue weighted by atomic mass is 32.2. The third kappa shape index (κ3) is 3.86. The minimum absolute atomic E-state index is 0.0737. The number of nitrogens with one attached hydrogen (secondary N) is 2. The highest BCUT2D eigenvalue weighted by Gasteiger charge is 2.33. The molecule has 2 rings (SSSR count). The second-order valence-electron chi connectivity index (χ2n) is 6.09. The van der Waals surface area contributed by atoms with Gasteiger partial charge in [0.05, 0.1) is 0 Å². The Kier molecular flexibility index (Phi) is 5.46. The van der Waals surface area contributed by atoms with Crippen LogP contribution >= 0.6 is 11.3 Å². The maximum Gasteiger partial charge on any atom is 0.250 e. The first-order valence-corrected chi connectivity index (χ1v) is 9.97.